The normalized spacial score (nSPS) is 16.5. The van der Waals surface area contributed by atoms with Gasteiger partial charge in [-0.15, -0.1) is 0 Å². The molecule has 164 valence electrons. The van der Waals surface area contributed by atoms with Crippen LogP contribution in [0.4, 0.5) is 5.69 Å². The quantitative estimate of drug-likeness (QED) is 0.340. The van der Waals surface area contributed by atoms with Crippen molar-refractivity contribution < 1.29 is 14.3 Å². The second-order valence-electron chi connectivity index (χ2n) is 8.06. The van der Waals surface area contributed by atoms with Gasteiger partial charge < -0.3 is 20.3 Å². The smallest absolute Gasteiger partial charge is 0.338 e. The van der Waals surface area contributed by atoms with Crippen LogP contribution in [0.3, 0.4) is 0 Å². The van der Waals surface area contributed by atoms with E-state index in [4.69, 9.17) is 17.0 Å². The molecule has 0 aromatic heterocycles. The minimum absolute atomic E-state index is 0.0171. The Labute approximate surface area is 185 Å². The number of unbranched alkanes of at least 4 members (excludes halogenated alkanes) is 2. The Morgan fingerprint density at radius 1 is 1.23 bits per heavy atom. The molecule has 1 aliphatic rings. The van der Waals surface area contributed by atoms with Crippen LogP contribution >= 0.6 is 12.2 Å². The van der Waals surface area contributed by atoms with Gasteiger partial charge in [0.25, 0.3) is 0 Å². The molecule has 0 radical (unpaired) electrons. The fourth-order valence-electron chi connectivity index (χ4n) is 3.19. The molecule has 1 aliphatic heterocycles. The molecule has 6 nitrogen and oxygen atoms in total. The van der Waals surface area contributed by atoms with E-state index in [9.17, 15) is 9.59 Å². The Morgan fingerprint density at radius 3 is 2.50 bits per heavy atom. The van der Waals surface area contributed by atoms with Crippen LogP contribution in [-0.2, 0) is 14.3 Å². The number of carbonyl (C=O) groups excluding carboxylic acids is 2. The van der Waals surface area contributed by atoms with E-state index in [1.807, 2.05) is 52.1 Å². The second kappa shape index (κ2) is 11.1. The maximum atomic E-state index is 12.8. The minimum Gasteiger partial charge on any atom is -0.462 e. The lowest BCUT2D eigenvalue weighted by molar-refractivity contribution is -0.140. The Balaban J connectivity index is 2.19. The van der Waals surface area contributed by atoms with Crippen molar-refractivity contribution in [2.24, 2.45) is 5.92 Å². The molecule has 30 heavy (non-hydrogen) atoms. The summed E-state index contributed by atoms with van der Waals surface area (Å²) >= 11 is 5.43. The fourth-order valence-corrected chi connectivity index (χ4v) is 3.44. The van der Waals surface area contributed by atoms with Gasteiger partial charge in [-0.3, -0.25) is 4.79 Å². The van der Waals surface area contributed by atoms with Crippen molar-refractivity contribution >= 4 is 34.9 Å². The van der Waals surface area contributed by atoms with Crippen LogP contribution in [0.1, 0.15) is 65.0 Å². The number of thiocarbonyl (C=S) groups is 1. The number of ether oxygens (including phenoxy) is 1. The first kappa shape index (κ1) is 23.9. The molecule has 7 heteroatoms. The van der Waals surface area contributed by atoms with E-state index >= 15 is 0 Å². The van der Waals surface area contributed by atoms with E-state index in [1.54, 1.807) is 4.90 Å². The van der Waals surface area contributed by atoms with Crippen molar-refractivity contribution in [1.82, 2.24) is 10.2 Å². The largest absolute Gasteiger partial charge is 0.462 e. The summed E-state index contributed by atoms with van der Waals surface area (Å²) in [4.78, 5) is 26.7. The zero-order valence-electron chi connectivity index (χ0n) is 18.6. The summed E-state index contributed by atoms with van der Waals surface area (Å²) < 4.78 is 5.51. The predicted octanol–water partition coefficient (Wildman–Crippen LogP) is 4.54. The third-order valence-electron chi connectivity index (χ3n) is 5.06. The molecule has 0 bridgehead atoms. The highest BCUT2D eigenvalue weighted by Crippen LogP contribution is 2.31. The van der Waals surface area contributed by atoms with Gasteiger partial charge in [-0.05, 0) is 49.2 Å². The van der Waals surface area contributed by atoms with Crippen molar-refractivity contribution in [1.29, 1.82) is 0 Å². The predicted molar refractivity (Wildman–Crippen MR) is 124 cm³/mol. The topological polar surface area (TPSA) is 70.7 Å². The van der Waals surface area contributed by atoms with Gasteiger partial charge in [-0.1, -0.05) is 45.7 Å². The van der Waals surface area contributed by atoms with Crippen LogP contribution in [0.15, 0.2) is 35.5 Å². The molecule has 0 unspecified atom stereocenters. The fraction of sp³-hybridized carbons (Fsp3) is 0.522. The lowest BCUT2D eigenvalue weighted by Gasteiger charge is -2.35. The zero-order chi connectivity index (χ0) is 22.3. The summed E-state index contributed by atoms with van der Waals surface area (Å²) in [6, 6.07) is 7.10. The number of hydrogen-bond acceptors (Lipinski definition) is 4. The lowest BCUT2D eigenvalue weighted by Crippen LogP contribution is -2.46. The third kappa shape index (κ3) is 6.29. The molecule has 0 fully saturated rings. The van der Waals surface area contributed by atoms with Gasteiger partial charge in [0.05, 0.1) is 18.2 Å². The summed E-state index contributed by atoms with van der Waals surface area (Å²) in [7, 11) is 1.83. The second-order valence-corrected chi connectivity index (χ2v) is 8.45. The number of allylic oxidation sites excluding steroid dienone is 1. The van der Waals surface area contributed by atoms with E-state index in [0.29, 0.717) is 23.7 Å². The summed E-state index contributed by atoms with van der Waals surface area (Å²) in [6.07, 6.45) is 3.55. The zero-order valence-corrected chi connectivity index (χ0v) is 19.4. The summed E-state index contributed by atoms with van der Waals surface area (Å²) in [5.74, 6) is -0.0753. The Bertz CT molecular complexity index is 802. The Kier molecular flexibility index (Phi) is 8.84. The van der Waals surface area contributed by atoms with E-state index in [1.165, 1.54) is 0 Å². The first-order chi connectivity index (χ1) is 14.2. The van der Waals surface area contributed by atoms with Crippen molar-refractivity contribution in [3.63, 3.8) is 0 Å². The molecule has 0 saturated carbocycles. The molecule has 2 N–H and O–H groups in total. The van der Waals surface area contributed by atoms with Crippen LogP contribution in [0.25, 0.3) is 0 Å². The van der Waals surface area contributed by atoms with Gasteiger partial charge in [0.1, 0.15) is 0 Å². The number of anilines is 1. The SMILES string of the molecule is CCCCCC(=O)Nc1ccc([C@H]2NC(=S)N(C)C(C)=C2C(=O)OCC(C)C)cc1. The number of rotatable bonds is 9. The number of esters is 1. The first-order valence-electron chi connectivity index (χ1n) is 10.6. The Hall–Kier alpha value is -2.41. The molecule has 1 amide bonds. The number of benzene rings is 1. The maximum Gasteiger partial charge on any atom is 0.338 e. The van der Waals surface area contributed by atoms with Crippen molar-refractivity contribution in [2.45, 2.75) is 59.4 Å². The highest BCUT2D eigenvalue weighted by atomic mass is 32.1. The van der Waals surface area contributed by atoms with Crippen LogP contribution < -0.4 is 10.6 Å². The average Bonchev–Trinajstić information content (AvgIpc) is 2.70. The van der Waals surface area contributed by atoms with Gasteiger partial charge >= 0.3 is 5.97 Å². The van der Waals surface area contributed by atoms with Gasteiger partial charge in [0.15, 0.2) is 5.11 Å². The van der Waals surface area contributed by atoms with Crippen LogP contribution in [-0.4, -0.2) is 35.5 Å². The van der Waals surface area contributed by atoms with E-state index in [-0.39, 0.29) is 17.8 Å². The van der Waals surface area contributed by atoms with Crippen molar-refractivity contribution in [3.05, 3.63) is 41.1 Å². The number of nitrogens with zero attached hydrogens (tertiary/aromatic N) is 1. The molecule has 1 aromatic rings. The standard InChI is InChI=1S/C23H33N3O3S/c1-6-7-8-9-19(27)24-18-12-10-17(11-13-18)21-20(22(28)29-14-15(2)3)16(4)26(5)23(30)25-21/h10-13,15,21H,6-9,14H2,1-5H3,(H,24,27)(H,25,30)/t21-/m1/s1. The molecule has 0 spiro atoms. The molecule has 0 aliphatic carbocycles. The summed E-state index contributed by atoms with van der Waals surface area (Å²) in [6.45, 7) is 8.35. The van der Waals surface area contributed by atoms with Crippen molar-refractivity contribution in [3.8, 4) is 0 Å². The van der Waals surface area contributed by atoms with Gasteiger partial charge in [-0.2, -0.15) is 0 Å². The van der Waals surface area contributed by atoms with Crippen LogP contribution in [0.5, 0.6) is 0 Å². The summed E-state index contributed by atoms with van der Waals surface area (Å²) in [5, 5.41) is 6.71. The third-order valence-corrected chi connectivity index (χ3v) is 5.45. The van der Waals surface area contributed by atoms with E-state index < -0.39 is 6.04 Å². The molecule has 1 aromatic carbocycles. The number of hydrogen-bond donors (Lipinski definition) is 2. The maximum absolute atomic E-state index is 12.8. The van der Waals surface area contributed by atoms with E-state index in [0.717, 1.165) is 36.2 Å². The van der Waals surface area contributed by atoms with E-state index in [2.05, 4.69) is 17.6 Å². The molecular formula is C23H33N3O3S. The molecular weight excluding hydrogens is 398 g/mol. The first-order valence-corrected chi connectivity index (χ1v) is 11.0. The highest BCUT2D eigenvalue weighted by Gasteiger charge is 2.33. The van der Waals surface area contributed by atoms with Crippen molar-refractivity contribution in [2.75, 3.05) is 19.0 Å². The molecule has 1 atom stereocenters. The number of nitrogens with one attached hydrogen (secondary N) is 2. The molecule has 1 heterocycles. The molecule has 0 saturated heterocycles. The van der Waals surface area contributed by atoms with Crippen LogP contribution in [0.2, 0.25) is 0 Å². The average molecular weight is 432 g/mol. The van der Waals surface area contributed by atoms with Gasteiger partial charge in [-0.25, -0.2) is 4.79 Å². The monoisotopic (exact) mass is 431 g/mol. The number of carbonyl (C=O) groups is 2. The highest BCUT2D eigenvalue weighted by molar-refractivity contribution is 7.80. The Morgan fingerprint density at radius 2 is 1.90 bits per heavy atom. The minimum atomic E-state index is -0.400. The van der Waals surface area contributed by atoms with Gasteiger partial charge in [0.2, 0.25) is 5.91 Å². The van der Waals surface area contributed by atoms with Crippen LogP contribution in [0, 0.1) is 5.92 Å². The molecule has 2 rings (SSSR count). The summed E-state index contributed by atoms with van der Waals surface area (Å²) in [5.41, 5.74) is 2.93. The lowest BCUT2D eigenvalue weighted by atomic mass is 9.95. The van der Waals surface area contributed by atoms with Gasteiger partial charge in [0, 0.05) is 24.9 Å². The number of amides is 1.